The van der Waals surface area contributed by atoms with Crippen molar-refractivity contribution in [2.45, 2.75) is 89.3 Å². The van der Waals surface area contributed by atoms with Crippen molar-refractivity contribution in [3.8, 4) is 5.75 Å². The molecular formula is C33H50N4O6. The molecule has 0 aromatic heterocycles. The minimum atomic E-state index is -0.976. The maximum atomic E-state index is 14.2. The van der Waals surface area contributed by atoms with E-state index in [0.29, 0.717) is 63.0 Å². The summed E-state index contributed by atoms with van der Waals surface area (Å²) in [5.41, 5.74) is 0.473. The molecule has 1 saturated heterocycles. The summed E-state index contributed by atoms with van der Waals surface area (Å²) in [5.74, 6) is 0.413. The Morgan fingerprint density at radius 3 is 2.53 bits per heavy atom. The second kappa shape index (κ2) is 13.9. The van der Waals surface area contributed by atoms with Crippen LogP contribution in [0.5, 0.6) is 5.75 Å². The number of carbonyl (C=O) groups excluding carboxylic acids is 3. The van der Waals surface area contributed by atoms with Gasteiger partial charge in [0.25, 0.3) is 5.91 Å². The Labute approximate surface area is 256 Å². The van der Waals surface area contributed by atoms with Gasteiger partial charge in [0.1, 0.15) is 5.75 Å². The fourth-order valence-corrected chi connectivity index (χ4v) is 6.98. The van der Waals surface area contributed by atoms with E-state index in [9.17, 15) is 14.4 Å². The molecule has 3 atom stereocenters. The van der Waals surface area contributed by atoms with Crippen molar-refractivity contribution < 1.29 is 28.6 Å². The first kappa shape index (κ1) is 31.7. The minimum Gasteiger partial charge on any atom is -0.476 e. The van der Waals surface area contributed by atoms with Crippen molar-refractivity contribution in [1.82, 2.24) is 10.6 Å². The molecule has 2 aliphatic carbocycles. The summed E-state index contributed by atoms with van der Waals surface area (Å²) >= 11 is 0. The van der Waals surface area contributed by atoms with Gasteiger partial charge in [0.2, 0.25) is 11.8 Å². The first-order valence-electron chi connectivity index (χ1n) is 16.2. The molecule has 43 heavy (non-hydrogen) atoms. The highest BCUT2D eigenvalue weighted by Gasteiger charge is 2.43. The van der Waals surface area contributed by atoms with Crippen LogP contribution in [0.3, 0.4) is 0 Å². The van der Waals surface area contributed by atoms with Crippen LogP contribution in [0.1, 0.15) is 71.6 Å². The number of nitrogens with one attached hydrogen (secondary N) is 2. The number of methoxy groups -OCH3 is 2. The number of anilines is 2. The number of hydrogen-bond acceptors (Lipinski definition) is 7. The number of piperidine rings is 1. The van der Waals surface area contributed by atoms with Crippen molar-refractivity contribution in [3.63, 3.8) is 0 Å². The van der Waals surface area contributed by atoms with Gasteiger partial charge in [-0.2, -0.15) is 0 Å². The van der Waals surface area contributed by atoms with Crippen LogP contribution < -0.4 is 25.2 Å². The molecule has 2 aliphatic heterocycles. The molecule has 3 amide bonds. The normalized spacial score (nSPS) is 24.6. The fourth-order valence-electron chi connectivity index (χ4n) is 6.98. The minimum absolute atomic E-state index is 0.00841. The fraction of sp³-hybridized carbons (Fsp3) is 0.727. The predicted molar refractivity (Wildman–Crippen MR) is 165 cm³/mol. The quantitative estimate of drug-likeness (QED) is 0.354. The Morgan fingerprint density at radius 2 is 1.84 bits per heavy atom. The lowest BCUT2D eigenvalue weighted by atomic mass is 9.83. The van der Waals surface area contributed by atoms with Gasteiger partial charge in [-0.1, -0.05) is 19.3 Å². The smallest absolute Gasteiger partial charge is 0.270 e. The predicted octanol–water partition coefficient (Wildman–Crippen LogP) is 3.66. The maximum absolute atomic E-state index is 14.2. The Bertz CT molecular complexity index is 1150. The van der Waals surface area contributed by atoms with Crippen molar-refractivity contribution in [1.29, 1.82) is 0 Å². The zero-order chi connectivity index (χ0) is 30.6. The molecule has 5 rings (SSSR count). The van der Waals surface area contributed by atoms with Crippen LogP contribution in [-0.4, -0.2) is 82.5 Å². The van der Waals surface area contributed by atoms with Crippen LogP contribution >= 0.6 is 0 Å². The van der Waals surface area contributed by atoms with Gasteiger partial charge < -0.3 is 34.6 Å². The van der Waals surface area contributed by atoms with Crippen molar-refractivity contribution in [2.24, 2.45) is 17.8 Å². The highest BCUT2D eigenvalue weighted by Crippen LogP contribution is 2.43. The van der Waals surface area contributed by atoms with E-state index >= 15 is 0 Å². The molecule has 0 radical (unpaired) electrons. The zero-order valence-electron chi connectivity index (χ0n) is 26.4. The molecule has 2 saturated carbocycles. The van der Waals surface area contributed by atoms with Crippen molar-refractivity contribution in [2.75, 3.05) is 56.9 Å². The van der Waals surface area contributed by atoms with Crippen LogP contribution in [0.25, 0.3) is 0 Å². The average Bonchev–Trinajstić information content (AvgIpc) is 3.85. The van der Waals surface area contributed by atoms with Gasteiger partial charge >= 0.3 is 0 Å². The van der Waals surface area contributed by atoms with E-state index in [4.69, 9.17) is 14.2 Å². The van der Waals surface area contributed by atoms with E-state index in [-0.39, 0.29) is 41.6 Å². The van der Waals surface area contributed by atoms with Gasteiger partial charge in [0.05, 0.1) is 30.2 Å². The van der Waals surface area contributed by atoms with Gasteiger partial charge in [-0.25, -0.2) is 0 Å². The summed E-state index contributed by atoms with van der Waals surface area (Å²) < 4.78 is 16.8. The summed E-state index contributed by atoms with van der Waals surface area (Å²) in [7, 11) is 3.34. The van der Waals surface area contributed by atoms with Gasteiger partial charge in [0.15, 0.2) is 5.60 Å². The van der Waals surface area contributed by atoms with Gasteiger partial charge in [-0.05, 0) is 76.5 Å². The highest BCUT2D eigenvalue weighted by atomic mass is 16.5. The van der Waals surface area contributed by atoms with Gasteiger partial charge in [-0.15, -0.1) is 0 Å². The molecule has 1 aromatic carbocycles. The lowest BCUT2D eigenvalue weighted by molar-refractivity contribution is -0.132. The second-order valence-electron chi connectivity index (χ2n) is 13.3. The van der Waals surface area contributed by atoms with E-state index in [1.54, 1.807) is 33.0 Å². The van der Waals surface area contributed by atoms with E-state index in [1.165, 1.54) is 19.3 Å². The average molecular weight is 599 g/mol. The zero-order valence-corrected chi connectivity index (χ0v) is 26.4. The van der Waals surface area contributed by atoms with Crippen LogP contribution in [-0.2, 0) is 23.9 Å². The molecule has 10 nitrogen and oxygen atoms in total. The number of rotatable bonds is 12. The summed E-state index contributed by atoms with van der Waals surface area (Å²) in [6.45, 7) is 6.23. The van der Waals surface area contributed by atoms with Crippen LogP contribution in [0.15, 0.2) is 18.2 Å². The Balaban J connectivity index is 1.31. The summed E-state index contributed by atoms with van der Waals surface area (Å²) in [5, 5.41) is 6.67. The highest BCUT2D eigenvalue weighted by molar-refractivity contribution is 6.04. The van der Waals surface area contributed by atoms with Crippen LogP contribution in [0.2, 0.25) is 0 Å². The van der Waals surface area contributed by atoms with E-state index in [1.807, 2.05) is 23.1 Å². The Morgan fingerprint density at radius 1 is 1.09 bits per heavy atom. The molecule has 4 aliphatic rings. The molecule has 2 heterocycles. The number of carbonyl (C=O) groups is 3. The number of ether oxygens (including phenoxy) is 3. The first-order valence-corrected chi connectivity index (χ1v) is 16.2. The monoisotopic (exact) mass is 598 g/mol. The standard InChI is InChI=1S/C33H50N4O6/c1-33(2)32(40)36(15-8-16-41-3)28-18-26(13-14-29(28)43-33)37(25-11-12-25)31(39)24-17-23(19-34-20-24)30(38)35-27(21-42-4)22-9-6-5-7-10-22/h13-14,18,22-25,27,34H,5-12,15-17,19-21H2,1-4H3,(H,35,38)/t23-,24+,27-/m0/s1. The third-order valence-electron chi connectivity index (χ3n) is 9.48. The molecule has 0 unspecified atom stereocenters. The Kier molecular flexibility index (Phi) is 10.3. The lowest BCUT2D eigenvalue weighted by Crippen LogP contribution is -2.53. The van der Waals surface area contributed by atoms with E-state index in [0.717, 1.165) is 31.4 Å². The summed E-state index contributed by atoms with van der Waals surface area (Å²) in [6.07, 6.45) is 8.97. The molecule has 2 N–H and O–H groups in total. The third kappa shape index (κ3) is 7.35. The molecule has 3 fully saturated rings. The molecular weight excluding hydrogens is 548 g/mol. The number of nitrogens with zero attached hydrogens (tertiary/aromatic N) is 2. The third-order valence-corrected chi connectivity index (χ3v) is 9.48. The van der Waals surface area contributed by atoms with Crippen LogP contribution in [0, 0.1) is 17.8 Å². The lowest BCUT2D eigenvalue weighted by Gasteiger charge is -2.40. The number of hydrogen-bond donors (Lipinski definition) is 2. The topological polar surface area (TPSA) is 109 Å². The van der Waals surface area contributed by atoms with Crippen molar-refractivity contribution in [3.05, 3.63) is 18.2 Å². The van der Waals surface area contributed by atoms with E-state index in [2.05, 4.69) is 10.6 Å². The largest absolute Gasteiger partial charge is 0.476 e. The number of amides is 3. The SMILES string of the molecule is COCCCN1C(=O)C(C)(C)Oc2ccc(N(C(=O)[C@H]3CNC[C@@H](C(=O)N[C@@H](COC)C4CCCCC4)C3)C3CC3)cc21. The molecule has 10 heteroatoms. The van der Waals surface area contributed by atoms with Crippen molar-refractivity contribution >= 4 is 29.1 Å². The van der Waals surface area contributed by atoms with Gasteiger partial charge in [-0.3, -0.25) is 14.4 Å². The number of benzene rings is 1. The van der Waals surface area contributed by atoms with Gasteiger partial charge in [0, 0.05) is 52.2 Å². The second-order valence-corrected chi connectivity index (χ2v) is 13.3. The molecule has 238 valence electrons. The molecule has 0 spiro atoms. The summed E-state index contributed by atoms with van der Waals surface area (Å²) in [4.78, 5) is 44.7. The summed E-state index contributed by atoms with van der Waals surface area (Å²) in [6, 6.07) is 5.85. The molecule has 0 bridgehead atoms. The first-order chi connectivity index (χ1) is 20.7. The number of fused-ring (bicyclic) bond motifs is 1. The van der Waals surface area contributed by atoms with E-state index < -0.39 is 5.60 Å². The Hall–Kier alpha value is -2.69. The molecule has 1 aromatic rings. The van der Waals surface area contributed by atoms with Crippen LogP contribution in [0.4, 0.5) is 11.4 Å². The maximum Gasteiger partial charge on any atom is 0.270 e.